The molecule has 1 aromatic rings. The summed E-state index contributed by atoms with van der Waals surface area (Å²) in [4.78, 5) is 17.2. The van der Waals surface area contributed by atoms with Crippen molar-refractivity contribution in [2.75, 3.05) is 40.6 Å². The van der Waals surface area contributed by atoms with Gasteiger partial charge in [-0.15, -0.1) is 0 Å². The number of hydrogen-bond donors (Lipinski definition) is 0. The van der Waals surface area contributed by atoms with Gasteiger partial charge >= 0.3 is 0 Å². The van der Waals surface area contributed by atoms with Crippen molar-refractivity contribution in [1.82, 2.24) is 4.98 Å². The zero-order valence-corrected chi connectivity index (χ0v) is 15.7. The van der Waals surface area contributed by atoms with Crippen molar-refractivity contribution in [2.45, 2.75) is 33.1 Å². The van der Waals surface area contributed by atoms with E-state index >= 15 is 0 Å². The number of nitrogens with zero attached hydrogens (tertiary/aromatic N) is 1. The summed E-state index contributed by atoms with van der Waals surface area (Å²) < 4.78 is 22.0. The SMILES string of the molecule is COCCCOc1cc2c(nc1CCOC)C(=O)CC(C(C)C)CO2. The molecule has 0 fully saturated rings. The van der Waals surface area contributed by atoms with Crippen LogP contribution in [0.3, 0.4) is 0 Å². The molecule has 0 spiro atoms. The lowest BCUT2D eigenvalue weighted by Crippen LogP contribution is -2.18. The molecule has 2 rings (SSSR count). The summed E-state index contributed by atoms with van der Waals surface area (Å²) in [5.41, 5.74) is 1.15. The van der Waals surface area contributed by atoms with Gasteiger partial charge in [-0.3, -0.25) is 4.79 Å². The Labute approximate surface area is 149 Å². The van der Waals surface area contributed by atoms with Gasteiger partial charge in [-0.1, -0.05) is 13.8 Å². The molecule has 140 valence electrons. The van der Waals surface area contributed by atoms with E-state index < -0.39 is 0 Å². The topological polar surface area (TPSA) is 66.9 Å². The Hall–Kier alpha value is -1.66. The fourth-order valence-electron chi connectivity index (χ4n) is 2.73. The molecule has 1 aromatic heterocycles. The minimum Gasteiger partial charge on any atom is -0.491 e. The van der Waals surface area contributed by atoms with Gasteiger partial charge in [0.2, 0.25) is 0 Å². The van der Waals surface area contributed by atoms with E-state index in [-0.39, 0.29) is 11.7 Å². The molecule has 1 atom stereocenters. The Morgan fingerprint density at radius 3 is 2.68 bits per heavy atom. The number of fused-ring (bicyclic) bond motifs is 1. The fourth-order valence-corrected chi connectivity index (χ4v) is 2.73. The Bertz CT molecular complexity index is 573. The number of methoxy groups -OCH3 is 2. The van der Waals surface area contributed by atoms with Crippen molar-refractivity contribution in [3.05, 3.63) is 17.5 Å². The number of aromatic nitrogens is 1. The summed E-state index contributed by atoms with van der Waals surface area (Å²) in [6.45, 7) is 6.42. The number of carbonyl (C=O) groups is 1. The monoisotopic (exact) mass is 351 g/mol. The number of Topliss-reactive ketones (excluding diaryl/α,β-unsaturated/α-hetero) is 1. The summed E-state index contributed by atoms with van der Waals surface area (Å²) in [6.07, 6.45) is 1.84. The third-order valence-corrected chi connectivity index (χ3v) is 4.43. The van der Waals surface area contributed by atoms with E-state index in [0.29, 0.717) is 62.4 Å². The maximum Gasteiger partial charge on any atom is 0.185 e. The van der Waals surface area contributed by atoms with E-state index in [1.807, 2.05) is 0 Å². The van der Waals surface area contributed by atoms with Crippen molar-refractivity contribution < 1.29 is 23.7 Å². The molecule has 1 aliphatic heterocycles. The van der Waals surface area contributed by atoms with Crippen LogP contribution in [0.1, 0.15) is 42.9 Å². The first-order valence-corrected chi connectivity index (χ1v) is 8.87. The summed E-state index contributed by atoms with van der Waals surface area (Å²) in [5.74, 6) is 1.81. The lowest BCUT2D eigenvalue weighted by molar-refractivity contribution is 0.0941. The molecule has 1 unspecified atom stereocenters. The molecule has 0 saturated carbocycles. The van der Waals surface area contributed by atoms with Gasteiger partial charge < -0.3 is 18.9 Å². The maximum atomic E-state index is 12.6. The Kier molecular flexibility index (Phi) is 7.65. The average Bonchev–Trinajstić information content (AvgIpc) is 2.75. The van der Waals surface area contributed by atoms with Gasteiger partial charge in [-0.2, -0.15) is 0 Å². The van der Waals surface area contributed by atoms with E-state index in [1.54, 1.807) is 20.3 Å². The first-order chi connectivity index (χ1) is 12.1. The Balaban J connectivity index is 2.24. The van der Waals surface area contributed by atoms with Crippen LogP contribution in [0, 0.1) is 11.8 Å². The molecule has 0 bridgehead atoms. The largest absolute Gasteiger partial charge is 0.491 e. The highest BCUT2D eigenvalue weighted by molar-refractivity contribution is 5.97. The van der Waals surface area contributed by atoms with Crippen LogP contribution in [-0.4, -0.2) is 51.4 Å². The highest BCUT2D eigenvalue weighted by Crippen LogP contribution is 2.33. The number of ketones is 1. The van der Waals surface area contributed by atoms with Crippen LogP contribution in [0.4, 0.5) is 0 Å². The van der Waals surface area contributed by atoms with Gasteiger partial charge in [0.15, 0.2) is 11.5 Å². The molecule has 0 saturated heterocycles. The van der Waals surface area contributed by atoms with Gasteiger partial charge in [-0.25, -0.2) is 4.98 Å². The van der Waals surface area contributed by atoms with Crippen molar-refractivity contribution in [2.24, 2.45) is 11.8 Å². The van der Waals surface area contributed by atoms with E-state index in [2.05, 4.69) is 18.8 Å². The quantitative estimate of drug-likeness (QED) is 0.637. The molecule has 0 radical (unpaired) electrons. The molecule has 0 aliphatic carbocycles. The molecule has 0 N–H and O–H groups in total. The molecule has 0 aromatic carbocycles. The van der Waals surface area contributed by atoms with Crippen molar-refractivity contribution in [3.63, 3.8) is 0 Å². The van der Waals surface area contributed by atoms with E-state index in [9.17, 15) is 4.79 Å². The zero-order chi connectivity index (χ0) is 18.2. The van der Waals surface area contributed by atoms with Gasteiger partial charge in [0.25, 0.3) is 0 Å². The second-order valence-corrected chi connectivity index (χ2v) is 6.66. The number of rotatable bonds is 9. The molecule has 0 amide bonds. The minimum atomic E-state index is 0.0378. The van der Waals surface area contributed by atoms with Crippen LogP contribution >= 0.6 is 0 Å². The lowest BCUT2D eigenvalue weighted by atomic mass is 9.91. The van der Waals surface area contributed by atoms with E-state index in [1.165, 1.54) is 0 Å². The van der Waals surface area contributed by atoms with Crippen LogP contribution in [-0.2, 0) is 15.9 Å². The molecular formula is C19H29NO5. The lowest BCUT2D eigenvalue weighted by Gasteiger charge is -2.17. The summed E-state index contributed by atoms with van der Waals surface area (Å²) in [5, 5.41) is 0. The summed E-state index contributed by atoms with van der Waals surface area (Å²) >= 11 is 0. The molecule has 1 aliphatic rings. The number of ether oxygens (including phenoxy) is 4. The van der Waals surface area contributed by atoms with Gasteiger partial charge in [-0.05, 0) is 5.92 Å². The fraction of sp³-hybridized carbons (Fsp3) is 0.684. The molecule has 25 heavy (non-hydrogen) atoms. The van der Waals surface area contributed by atoms with Gasteiger partial charge in [0.1, 0.15) is 11.4 Å². The van der Waals surface area contributed by atoms with E-state index in [0.717, 1.165) is 12.1 Å². The summed E-state index contributed by atoms with van der Waals surface area (Å²) in [7, 11) is 3.31. The minimum absolute atomic E-state index is 0.0378. The van der Waals surface area contributed by atoms with Crippen LogP contribution < -0.4 is 9.47 Å². The maximum absolute atomic E-state index is 12.6. The Morgan fingerprint density at radius 1 is 1.24 bits per heavy atom. The molecule has 2 heterocycles. The van der Waals surface area contributed by atoms with Crippen LogP contribution in [0.2, 0.25) is 0 Å². The number of hydrogen-bond acceptors (Lipinski definition) is 6. The average molecular weight is 351 g/mol. The first kappa shape index (κ1) is 19.7. The van der Waals surface area contributed by atoms with Crippen molar-refractivity contribution in [3.8, 4) is 11.5 Å². The first-order valence-electron chi connectivity index (χ1n) is 8.87. The normalized spacial score (nSPS) is 17.2. The molecular weight excluding hydrogens is 322 g/mol. The summed E-state index contributed by atoms with van der Waals surface area (Å²) in [6, 6.07) is 1.81. The third kappa shape index (κ3) is 5.41. The highest BCUT2D eigenvalue weighted by atomic mass is 16.5. The molecule has 6 heteroatoms. The van der Waals surface area contributed by atoms with E-state index in [4.69, 9.17) is 18.9 Å². The second kappa shape index (κ2) is 9.73. The van der Waals surface area contributed by atoms with Crippen molar-refractivity contribution in [1.29, 1.82) is 0 Å². The highest BCUT2D eigenvalue weighted by Gasteiger charge is 2.28. The van der Waals surface area contributed by atoms with Crippen LogP contribution in [0.25, 0.3) is 0 Å². The van der Waals surface area contributed by atoms with Crippen LogP contribution in [0.15, 0.2) is 6.07 Å². The zero-order valence-electron chi connectivity index (χ0n) is 15.7. The predicted octanol–water partition coefficient (Wildman–Crippen LogP) is 2.92. The number of carbonyl (C=O) groups excluding carboxylic acids is 1. The standard InChI is InChI=1S/C19H29NO5/c1-13(2)14-10-16(21)19-18(25-12-14)11-17(24-8-5-7-22-3)15(20-19)6-9-23-4/h11,13-14H,5-10,12H2,1-4H3. The predicted molar refractivity (Wildman–Crippen MR) is 94.6 cm³/mol. The Morgan fingerprint density at radius 2 is 2.00 bits per heavy atom. The van der Waals surface area contributed by atoms with Gasteiger partial charge in [0.05, 0.1) is 25.5 Å². The molecule has 6 nitrogen and oxygen atoms in total. The second-order valence-electron chi connectivity index (χ2n) is 6.66. The third-order valence-electron chi connectivity index (χ3n) is 4.43. The van der Waals surface area contributed by atoms with Gasteiger partial charge in [0, 0.05) is 52.1 Å². The smallest absolute Gasteiger partial charge is 0.185 e. The number of pyridine rings is 1. The van der Waals surface area contributed by atoms with Crippen molar-refractivity contribution >= 4 is 5.78 Å². The van der Waals surface area contributed by atoms with Crippen LogP contribution in [0.5, 0.6) is 11.5 Å².